The highest BCUT2D eigenvalue weighted by Gasteiger charge is 2.33. The maximum absolute atomic E-state index is 12.1. The minimum absolute atomic E-state index is 0.198. The van der Waals surface area contributed by atoms with Crippen LogP contribution in [-0.4, -0.2) is 5.78 Å². The Labute approximate surface area is 90.0 Å². The fourth-order valence-corrected chi connectivity index (χ4v) is 2.07. The van der Waals surface area contributed by atoms with E-state index in [-0.39, 0.29) is 11.2 Å². The standard InChI is InChI=1S/C13H16O2/c1-13(2)7-3-5-10(12(13)14)9-11-6-4-8-15-11/h4,6,8-9H,3,5,7H2,1-2H3. The largest absolute Gasteiger partial charge is 0.465 e. The molecular formula is C13H16O2. The predicted octanol–water partition coefficient (Wildman–Crippen LogP) is 3.44. The predicted molar refractivity (Wildman–Crippen MR) is 59.3 cm³/mol. The summed E-state index contributed by atoms with van der Waals surface area (Å²) in [6, 6.07) is 3.72. The molecule has 0 radical (unpaired) electrons. The first-order valence-electron chi connectivity index (χ1n) is 5.38. The molecule has 1 aliphatic carbocycles. The van der Waals surface area contributed by atoms with E-state index in [1.807, 2.05) is 32.1 Å². The van der Waals surface area contributed by atoms with Crippen LogP contribution in [0.4, 0.5) is 0 Å². The van der Waals surface area contributed by atoms with Gasteiger partial charge in [0.05, 0.1) is 6.26 Å². The summed E-state index contributed by atoms with van der Waals surface area (Å²) in [6.07, 6.45) is 6.46. The third kappa shape index (κ3) is 2.04. The molecule has 1 fully saturated rings. The lowest BCUT2D eigenvalue weighted by Crippen LogP contribution is -2.29. The third-order valence-corrected chi connectivity index (χ3v) is 3.01. The van der Waals surface area contributed by atoms with Gasteiger partial charge in [-0.1, -0.05) is 13.8 Å². The minimum atomic E-state index is -0.198. The zero-order chi connectivity index (χ0) is 10.9. The van der Waals surface area contributed by atoms with E-state index in [0.717, 1.165) is 30.6 Å². The van der Waals surface area contributed by atoms with Gasteiger partial charge in [0.2, 0.25) is 0 Å². The lowest BCUT2D eigenvalue weighted by atomic mass is 9.74. The van der Waals surface area contributed by atoms with Crippen molar-refractivity contribution < 1.29 is 9.21 Å². The Morgan fingerprint density at radius 1 is 1.47 bits per heavy atom. The molecule has 0 saturated heterocycles. The van der Waals surface area contributed by atoms with Crippen LogP contribution in [0.3, 0.4) is 0 Å². The van der Waals surface area contributed by atoms with Gasteiger partial charge in [-0.2, -0.15) is 0 Å². The second-order valence-corrected chi connectivity index (χ2v) is 4.75. The van der Waals surface area contributed by atoms with Gasteiger partial charge >= 0.3 is 0 Å². The summed E-state index contributed by atoms with van der Waals surface area (Å²) in [5.74, 6) is 1.04. The number of carbonyl (C=O) groups is 1. The van der Waals surface area contributed by atoms with E-state index in [1.54, 1.807) is 6.26 Å². The van der Waals surface area contributed by atoms with Gasteiger partial charge < -0.3 is 4.42 Å². The van der Waals surface area contributed by atoms with Crippen molar-refractivity contribution in [2.24, 2.45) is 5.41 Å². The molecule has 0 unspecified atom stereocenters. The smallest absolute Gasteiger partial charge is 0.164 e. The molecule has 2 heteroatoms. The van der Waals surface area contributed by atoms with Gasteiger partial charge in [-0.15, -0.1) is 0 Å². The number of Topliss-reactive ketones (excluding diaryl/α,β-unsaturated/α-hetero) is 1. The number of allylic oxidation sites excluding steroid dienone is 1. The van der Waals surface area contributed by atoms with Gasteiger partial charge in [-0.3, -0.25) is 4.79 Å². The van der Waals surface area contributed by atoms with Crippen LogP contribution in [0.5, 0.6) is 0 Å². The molecule has 1 saturated carbocycles. The summed E-state index contributed by atoms with van der Waals surface area (Å²) in [4.78, 5) is 12.1. The molecule has 0 aliphatic heterocycles. The molecule has 0 atom stereocenters. The number of carbonyl (C=O) groups excluding carboxylic acids is 1. The van der Waals surface area contributed by atoms with E-state index in [4.69, 9.17) is 4.42 Å². The SMILES string of the molecule is CC1(C)CCCC(=Cc2ccco2)C1=O. The van der Waals surface area contributed by atoms with Gasteiger partial charge in [-0.05, 0) is 43.0 Å². The molecular weight excluding hydrogens is 188 g/mol. The van der Waals surface area contributed by atoms with E-state index in [9.17, 15) is 4.79 Å². The molecule has 0 spiro atoms. The highest BCUT2D eigenvalue weighted by Crippen LogP contribution is 2.35. The molecule has 1 heterocycles. The Kier molecular flexibility index (Phi) is 2.51. The summed E-state index contributed by atoms with van der Waals surface area (Å²) < 4.78 is 5.22. The Balaban J connectivity index is 2.26. The first-order valence-corrected chi connectivity index (χ1v) is 5.38. The van der Waals surface area contributed by atoms with Crippen LogP contribution in [0.15, 0.2) is 28.4 Å². The summed E-state index contributed by atoms with van der Waals surface area (Å²) in [5, 5.41) is 0. The lowest BCUT2D eigenvalue weighted by Gasteiger charge is -2.29. The van der Waals surface area contributed by atoms with Crippen molar-refractivity contribution in [3.8, 4) is 0 Å². The van der Waals surface area contributed by atoms with Gasteiger partial charge in [0, 0.05) is 5.41 Å². The van der Waals surface area contributed by atoms with Crippen LogP contribution in [0.1, 0.15) is 38.9 Å². The van der Waals surface area contributed by atoms with Crippen LogP contribution in [0.2, 0.25) is 0 Å². The molecule has 1 aliphatic rings. The molecule has 15 heavy (non-hydrogen) atoms. The molecule has 1 aromatic rings. The summed E-state index contributed by atoms with van der Waals surface area (Å²) in [7, 11) is 0. The van der Waals surface area contributed by atoms with Crippen LogP contribution in [0.25, 0.3) is 6.08 Å². The molecule has 1 aromatic heterocycles. The lowest BCUT2D eigenvalue weighted by molar-refractivity contribution is -0.124. The van der Waals surface area contributed by atoms with Crippen molar-refractivity contribution in [2.75, 3.05) is 0 Å². The van der Waals surface area contributed by atoms with Crippen LogP contribution >= 0.6 is 0 Å². The minimum Gasteiger partial charge on any atom is -0.465 e. The molecule has 0 bridgehead atoms. The number of hydrogen-bond acceptors (Lipinski definition) is 2. The van der Waals surface area contributed by atoms with Crippen molar-refractivity contribution in [3.63, 3.8) is 0 Å². The van der Waals surface area contributed by atoms with E-state index in [2.05, 4.69) is 0 Å². The summed E-state index contributed by atoms with van der Waals surface area (Å²) in [6.45, 7) is 4.04. The number of ketones is 1. The Morgan fingerprint density at radius 3 is 2.93 bits per heavy atom. The van der Waals surface area contributed by atoms with E-state index < -0.39 is 0 Å². The number of furan rings is 1. The number of hydrogen-bond donors (Lipinski definition) is 0. The maximum atomic E-state index is 12.1. The van der Waals surface area contributed by atoms with Crippen molar-refractivity contribution in [3.05, 3.63) is 29.7 Å². The quantitative estimate of drug-likeness (QED) is 0.656. The van der Waals surface area contributed by atoms with E-state index >= 15 is 0 Å². The van der Waals surface area contributed by atoms with Crippen molar-refractivity contribution in [1.29, 1.82) is 0 Å². The molecule has 80 valence electrons. The van der Waals surface area contributed by atoms with Crippen molar-refractivity contribution in [2.45, 2.75) is 33.1 Å². The average molecular weight is 204 g/mol. The van der Waals surface area contributed by atoms with Crippen LogP contribution < -0.4 is 0 Å². The van der Waals surface area contributed by atoms with Gasteiger partial charge in [0.25, 0.3) is 0 Å². The molecule has 0 amide bonds. The Morgan fingerprint density at radius 2 is 2.27 bits per heavy atom. The van der Waals surface area contributed by atoms with Gasteiger partial charge in [0.15, 0.2) is 5.78 Å². The molecule has 2 nitrogen and oxygen atoms in total. The molecule has 0 N–H and O–H groups in total. The third-order valence-electron chi connectivity index (χ3n) is 3.01. The maximum Gasteiger partial charge on any atom is 0.164 e. The highest BCUT2D eigenvalue weighted by atomic mass is 16.3. The topological polar surface area (TPSA) is 30.2 Å². The van der Waals surface area contributed by atoms with E-state index in [1.165, 1.54) is 0 Å². The second kappa shape index (κ2) is 3.69. The fraction of sp³-hybridized carbons (Fsp3) is 0.462. The Bertz CT molecular complexity index is 383. The summed E-state index contributed by atoms with van der Waals surface area (Å²) >= 11 is 0. The van der Waals surface area contributed by atoms with Gasteiger partial charge in [-0.25, -0.2) is 0 Å². The van der Waals surface area contributed by atoms with Gasteiger partial charge in [0.1, 0.15) is 5.76 Å². The van der Waals surface area contributed by atoms with Crippen molar-refractivity contribution >= 4 is 11.9 Å². The highest BCUT2D eigenvalue weighted by molar-refractivity contribution is 6.03. The normalized spacial score (nSPS) is 23.3. The number of rotatable bonds is 1. The summed E-state index contributed by atoms with van der Waals surface area (Å²) in [5.41, 5.74) is 0.706. The van der Waals surface area contributed by atoms with Crippen LogP contribution in [0, 0.1) is 5.41 Å². The Hall–Kier alpha value is -1.31. The first kappa shape index (κ1) is 10.2. The molecule has 2 rings (SSSR count). The second-order valence-electron chi connectivity index (χ2n) is 4.75. The fourth-order valence-electron chi connectivity index (χ4n) is 2.07. The molecule has 0 aromatic carbocycles. The van der Waals surface area contributed by atoms with Crippen LogP contribution in [-0.2, 0) is 4.79 Å². The monoisotopic (exact) mass is 204 g/mol. The average Bonchev–Trinajstić information content (AvgIpc) is 2.65. The van der Waals surface area contributed by atoms with Crippen molar-refractivity contribution in [1.82, 2.24) is 0 Å². The zero-order valence-electron chi connectivity index (χ0n) is 9.25. The van der Waals surface area contributed by atoms with E-state index in [0.29, 0.717) is 0 Å². The first-order chi connectivity index (χ1) is 7.09. The zero-order valence-corrected chi connectivity index (χ0v) is 9.25.